The van der Waals surface area contributed by atoms with Crippen LogP contribution in [0.15, 0.2) is 30.3 Å². The summed E-state index contributed by atoms with van der Waals surface area (Å²) in [5.74, 6) is -9.73. The van der Waals surface area contributed by atoms with Gasteiger partial charge in [-0.2, -0.15) is 25.5 Å². The number of nitrogens with one attached hydrogen (secondary N) is 1. The lowest BCUT2D eigenvalue weighted by Crippen LogP contribution is -2.54. The highest BCUT2D eigenvalue weighted by Gasteiger charge is 2.48. The van der Waals surface area contributed by atoms with E-state index in [0.29, 0.717) is 0 Å². The first kappa shape index (κ1) is 21.7. The minimum atomic E-state index is -2.51. The number of ether oxygens (including phenoxy) is 1. The molecule has 150 valence electrons. The highest BCUT2D eigenvalue weighted by molar-refractivity contribution is 7.98. The second kappa shape index (κ2) is 9.05. The predicted octanol–water partition coefficient (Wildman–Crippen LogP) is 3.19. The van der Waals surface area contributed by atoms with Crippen LogP contribution in [-0.2, 0) is 15.1 Å². The number of thioether (sulfide) groups is 1. The number of methoxy groups -OCH3 is 1. The van der Waals surface area contributed by atoms with Crippen LogP contribution in [0.2, 0.25) is 0 Å². The molecule has 2 rings (SSSR count). The second-order valence-electron chi connectivity index (χ2n) is 5.66. The number of hydrogen-bond donors (Lipinski definition) is 1. The number of pyridine rings is 1. The van der Waals surface area contributed by atoms with Crippen LogP contribution in [0.3, 0.4) is 0 Å². The van der Waals surface area contributed by atoms with Gasteiger partial charge in [-0.1, -0.05) is 18.2 Å². The number of halogens is 4. The summed E-state index contributed by atoms with van der Waals surface area (Å²) in [6, 6.07) is 7.48. The summed E-state index contributed by atoms with van der Waals surface area (Å²) in [7, 11) is 0.925. The van der Waals surface area contributed by atoms with Crippen LogP contribution in [0.1, 0.15) is 22.3 Å². The van der Waals surface area contributed by atoms with Crippen molar-refractivity contribution in [1.82, 2.24) is 10.3 Å². The van der Waals surface area contributed by atoms with Gasteiger partial charge in [0.05, 0.1) is 12.7 Å². The molecule has 1 unspecified atom stereocenters. The van der Waals surface area contributed by atoms with Crippen molar-refractivity contribution in [1.29, 1.82) is 0 Å². The highest BCUT2D eigenvalue weighted by atomic mass is 32.2. The second-order valence-corrected chi connectivity index (χ2v) is 6.64. The van der Waals surface area contributed by atoms with Crippen LogP contribution in [0.4, 0.5) is 17.6 Å². The number of rotatable bonds is 7. The summed E-state index contributed by atoms with van der Waals surface area (Å²) in [5, 5.41) is 2.22. The molecule has 0 fully saturated rings. The van der Waals surface area contributed by atoms with E-state index in [-0.39, 0.29) is 11.3 Å². The molecule has 1 heterocycles. The zero-order valence-electron chi connectivity index (χ0n) is 14.9. The van der Waals surface area contributed by atoms with Crippen molar-refractivity contribution in [3.8, 4) is 0 Å². The molecule has 28 heavy (non-hydrogen) atoms. The van der Waals surface area contributed by atoms with E-state index in [2.05, 4.69) is 15.0 Å². The quantitative estimate of drug-likeness (QED) is 0.427. The van der Waals surface area contributed by atoms with Crippen LogP contribution in [0.5, 0.6) is 0 Å². The first-order valence-electron chi connectivity index (χ1n) is 7.93. The molecule has 5 nitrogen and oxygen atoms in total. The fraction of sp³-hybridized carbons (Fsp3) is 0.278. The molecule has 0 saturated heterocycles. The van der Waals surface area contributed by atoms with E-state index < -0.39 is 52.9 Å². The third-order valence-electron chi connectivity index (χ3n) is 4.00. The Balaban J connectivity index is 2.72. The molecule has 0 saturated carbocycles. The van der Waals surface area contributed by atoms with Crippen molar-refractivity contribution in [2.75, 3.05) is 19.1 Å². The molecule has 0 aliphatic rings. The van der Waals surface area contributed by atoms with Crippen molar-refractivity contribution in [3.63, 3.8) is 0 Å². The van der Waals surface area contributed by atoms with Crippen LogP contribution >= 0.6 is 11.8 Å². The molecule has 0 radical (unpaired) electrons. The standard InChI is InChI=1S/C18H16F4N2O3S/c1-27-17(26)18(8-9-28-2,24-16(25)10-6-4-3-5-7-10)11-12(19)14(21)23-15(22)13(11)20/h3-7H,8-9H2,1-2H3,(H,24,25). The Bertz CT molecular complexity index is 857. The van der Waals surface area contributed by atoms with Gasteiger partial charge >= 0.3 is 5.97 Å². The van der Waals surface area contributed by atoms with Gasteiger partial charge in [-0.05, 0) is 30.6 Å². The van der Waals surface area contributed by atoms with Gasteiger partial charge in [-0.25, -0.2) is 13.6 Å². The maximum absolute atomic E-state index is 14.5. The van der Waals surface area contributed by atoms with Gasteiger partial charge in [-0.3, -0.25) is 4.79 Å². The maximum atomic E-state index is 14.5. The monoisotopic (exact) mass is 416 g/mol. The number of aromatic nitrogens is 1. The van der Waals surface area contributed by atoms with Gasteiger partial charge in [-0.15, -0.1) is 0 Å². The third-order valence-corrected chi connectivity index (χ3v) is 4.61. The smallest absolute Gasteiger partial charge is 0.336 e. The lowest BCUT2D eigenvalue weighted by atomic mass is 9.86. The van der Waals surface area contributed by atoms with Gasteiger partial charge in [0.25, 0.3) is 17.8 Å². The molecule has 0 aliphatic heterocycles. The maximum Gasteiger partial charge on any atom is 0.336 e. The Morgan fingerprint density at radius 3 is 2.18 bits per heavy atom. The van der Waals surface area contributed by atoms with E-state index in [1.54, 1.807) is 12.3 Å². The fourth-order valence-corrected chi connectivity index (χ4v) is 3.16. The molecule has 0 aliphatic carbocycles. The van der Waals surface area contributed by atoms with E-state index >= 15 is 0 Å². The van der Waals surface area contributed by atoms with Gasteiger partial charge in [0.1, 0.15) is 0 Å². The Morgan fingerprint density at radius 2 is 1.68 bits per heavy atom. The molecule has 1 atom stereocenters. The molecular weight excluding hydrogens is 400 g/mol. The number of nitrogens with zero attached hydrogens (tertiary/aromatic N) is 1. The van der Waals surface area contributed by atoms with Crippen molar-refractivity contribution in [2.45, 2.75) is 12.0 Å². The Morgan fingerprint density at radius 1 is 1.11 bits per heavy atom. The molecule has 1 aromatic carbocycles. The Kier molecular flexibility index (Phi) is 7.00. The number of benzene rings is 1. The van der Waals surface area contributed by atoms with Gasteiger partial charge in [0.2, 0.25) is 0 Å². The Labute approximate surface area is 162 Å². The number of hydrogen-bond acceptors (Lipinski definition) is 5. The van der Waals surface area contributed by atoms with E-state index in [0.717, 1.165) is 7.11 Å². The van der Waals surface area contributed by atoms with E-state index in [9.17, 15) is 27.2 Å². The lowest BCUT2D eigenvalue weighted by molar-refractivity contribution is -0.149. The summed E-state index contributed by atoms with van der Waals surface area (Å²) in [4.78, 5) is 27.7. The molecule has 1 aromatic heterocycles. The van der Waals surface area contributed by atoms with Crippen LogP contribution in [0, 0.1) is 23.5 Å². The number of amides is 1. The molecule has 1 N–H and O–H groups in total. The van der Waals surface area contributed by atoms with Crippen LogP contribution in [-0.4, -0.2) is 36.0 Å². The molecule has 2 aromatic rings. The molecule has 10 heteroatoms. The van der Waals surface area contributed by atoms with Gasteiger partial charge in [0, 0.05) is 5.56 Å². The minimum absolute atomic E-state index is 0.0655. The zero-order valence-corrected chi connectivity index (χ0v) is 15.7. The van der Waals surface area contributed by atoms with Crippen molar-refractivity contribution < 1.29 is 31.9 Å². The summed E-state index contributed by atoms with van der Waals surface area (Å²) in [5.41, 5.74) is -3.75. The average Bonchev–Trinajstić information content (AvgIpc) is 2.70. The van der Waals surface area contributed by atoms with Gasteiger partial charge < -0.3 is 10.1 Å². The summed E-state index contributed by atoms with van der Waals surface area (Å²) < 4.78 is 61.1. The topological polar surface area (TPSA) is 68.3 Å². The molecule has 0 bridgehead atoms. The van der Waals surface area contributed by atoms with E-state index in [1.165, 1.54) is 36.0 Å². The molecular formula is C18H16F4N2O3S. The molecule has 0 spiro atoms. The normalized spacial score (nSPS) is 12.9. The Hall–Kier alpha value is -2.62. The fourth-order valence-electron chi connectivity index (χ4n) is 2.65. The number of carbonyl (C=O) groups is 2. The van der Waals surface area contributed by atoms with E-state index in [4.69, 9.17) is 0 Å². The lowest BCUT2D eigenvalue weighted by Gasteiger charge is -2.33. The SMILES string of the molecule is COC(=O)C(CCSC)(NC(=O)c1ccccc1)c1c(F)c(F)nc(F)c1F. The van der Waals surface area contributed by atoms with Crippen molar-refractivity contribution >= 4 is 23.6 Å². The number of carbonyl (C=O) groups excluding carboxylic acids is 2. The first-order valence-corrected chi connectivity index (χ1v) is 9.33. The zero-order chi connectivity index (χ0) is 20.9. The van der Waals surface area contributed by atoms with Crippen molar-refractivity contribution in [2.24, 2.45) is 0 Å². The largest absolute Gasteiger partial charge is 0.467 e. The van der Waals surface area contributed by atoms with E-state index in [1.807, 2.05) is 0 Å². The van der Waals surface area contributed by atoms with Crippen LogP contribution in [0.25, 0.3) is 0 Å². The highest BCUT2D eigenvalue weighted by Crippen LogP contribution is 2.34. The third kappa shape index (κ3) is 4.11. The summed E-state index contributed by atoms with van der Waals surface area (Å²) in [6.07, 6.45) is 1.25. The first-order chi connectivity index (χ1) is 13.3. The summed E-state index contributed by atoms with van der Waals surface area (Å²) in [6.45, 7) is 0. The predicted molar refractivity (Wildman–Crippen MR) is 94.7 cm³/mol. The molecule has 1 amide bonds. The van der Waals surface area contributed by atoms with Crippen molar-refractivity contribution in [3.05, 3.63) is 65.0 Å². The number of esters is 1. The van der Waals surface area contributed by atoms with Crippen LogP contribution < -0.4 is 5.32 Å². The van der Waals surface area contributed by atoms with Gasteiger partial charge in [0.15, 0.2) is 17.2 Å². The minimum Gasteiger partial charge on any atom is -0.467 e. The summed E-state index contributed by atoms with van der Waals surface area (Å²) >= 11 is 1.19. The average molecular weight is 416 g/mol.